The van der Waals surface area contributed by atoms with E-state index in [4.69, 9.17) is 27.4 Å². The molecule has 0 spiro atoms. The molecular weight excluding hydrogens is 498 g/mol. The first-order valence-corrected chi connectivity index (χ1v) is 11.2. The number of rotatable bonds is 18. The molecule has 0 rings (SSSR count). The van der Waals surface area contributed by atoms with Crippen molar-refractivity contribution in [2.75, 3.05) is 6.54 Å². The highest BCUT2D eigenvalue weighted by Gasteiger charge is 2.31. The molecule has 13 N–H and O–H groups in total. The van der Waals surface area contributed by atoms with E-state index >= 15 is 0 Å². The highest BCUT2D eigenvalue weighted by Crippen LogP contribution is 2.06. The van der Waals surface area contributed by atoms with E-state index < -0.39 is 91.6 Å². The van der Waals surface area contributed by atoms with E-state index in [0.717, 1.165) is 0 Å². The van der Waals surface area contributed by atoms with Crippen molar-refractivity contribution in [1.29, 1.82) is 0 Å². The molecule has 0 aliphatic carbocycles. The number of hydrogen-bond acceptors (Lipinski definition) is 9. The molecule has 0 heterocycles. The fraction of sp³-hybridized carbons (Fsp3) is 0.650. The van der Waals surface area contributed by atoms with Crippen molar-refractivity contribution >= 4 is 41.6 Å². The molecule has 0 aromatic carbocycles. The minimum atomic E-state index is -1.54. The number of carboxylic acid groups (broad SMARTS) is 3. The number of carbonyl (C=O) groups excluding carboxylic acids is 3. The Kier molecular flexibility index (Phi) is 14.8. The van der Waals surface area contributed by atoms with Crippen LogP contribution in [0.15, 0.2) is 4.99 Å². The van der Waals surface area contributed by atoms with Crippen LogP contribution in [0.5, 0.6) is 0 Å². The van der Waals surface area contributed by atoms with Crippen LogP contribution >= 0.6 is 0 Å². The summed E-state index contributed by atoms with van der Waals surface area (Å²) in [6.45, 7) is 1.31. The molecule has 0 aliphatic rings. The van der Waals surface area contributed by atoms with Gasteiger partial charge in [-0.15, -0.1) is 0 Å². The zero-order valence-corrected chi connectivity index (χ0v) is 20.3. The van der Waals surface area contributed by atoms with E-state index in [0.29, 0.717) is 0 Å². The minimum Gasteiger partial charge on any atom is -0.481 e. The standard InChI is InChI=1S/C20H35N7O10/c1-9(28)15(21)18(35)26-11(5-7-14(31)32)16(33)25-10(4-6-13(29)30)17(34)27-12(19(36)37)3-2-8-24-20(22)23/h9-12,15,28H,2-8,21H2,1H3,(H,25,33)(H,26,35)(H,27,34)(H,29,30)(H,31,32)(H,36,37)(H4,22,23,24). The maximum absolute atomic E-state index is 12.8. The van der Waals surface area contributed by atoms with E-state index in [2.05, 4.69) is 20.9 Å². The van der Waals surface area contributed by atoms with Gasteiger partial charge in [-0.25, -0.2) is 4.79 Å². The minimum absolute atomic E-state index is 0.0840. The van der Waals surface area contributed by atoms with E-state index in [9.17, 15) is 39.0 Å². The fourth-order valence-corrected chi connectivity index (χ4v) is 2.87. The van der Waals surface area contributed by atoms with Crippen molar-refractivity contribution in [2.45, 2.75) is 75.7 Å². The number of aliphatic hydroxyl groups is 1. The quantitative estimate of drug-likeness (QED) is 0.0457. The van der Waals surface area contributed by atoms with Gasteiger partial charge in [0.2, 0.25) is 17.7 Å². The van der Waals surface area contributed by atoms with Crippen LogP contribution in [0.25, 0.3) is 0 Å². The second-order valence-electron chi connectivity index (χ2n) is 8.10. The third kappa shape index (κ3) is 14.2. The molecule has 0 saturated carbocycles. The highest BCUT2D eigenvalue weighted by atomic mass is 16.4. The number of amides is 3. The number of carbonyl (C=O) groups is 6. The number of aliphatic imine (C=N–C) groups is 1. The molecule has 5 atom stereocenters. The highest BCUT2D eigenvalue weighted by molar-refractivity contribution is 5.94. The molecule has 37 heavy (non-hydrogen) atoms. The Morgan fingerprint density at radius 2 is 1.19 bits per heavy atom. The Hall–Kier alpha value is -3.99. The zero-order valence-electron chi connectivity index (χ0n) is 20.3. The Morgan fingerprint density at radius 1 is 0.757 bits per heavy atom. The van der Waals surface area contributed by atoms with Crippen LogP contribution in [0, 0.1) is 0 Å². The normalized spacial score (nSPS) is 14.7. The molecule has 0 fully saturated rings. The molecule has 0 radical (unpaired) electrons. The number of nitrogens with one attached hydrogen (secondary N) is 3. The van der Waals surface area contributed by atoms with Gasteiger partial charge in [0.05, 0.1) is 6.10 Å². The number of guanidine groups is 1. The summed E-state index contributed by atoms with van der Waals surface area (Å²) in [6.07, 6.45) is -3.22. The smallest absolute Gasteiger partial charge is 0.326 e. The number of aliphatic hydroxyl groups excluding tert-OH is 1. The van der Waals surface area contributed by atoms with Gasteiger partial charge in [0.15, 0.2) is 5.96 Å². The molecule has 17 heteroatoms. The lowest BCUT2D eigenvalue weighted by Gasteiger charge is -2.25. The van der Waals surface area contributed by atoms with Gasteiger partial charge in [0.25, 0.3) is 0 Å². The summed E-state index contributed by atoms with van der Waals surface area (Å²) in [6, 6.07) is -5.92. The first-order valence-electron chi connectivity index (χ1n) is 11.2. The van der Waals surface area contributed by atoms with Crippen LogP contribution in [-0.4, -0.2) is 98.8 Å². The third-order valence-electron chi connectivity index (χ3n) is 4.94. The molecule has 0 aromatic heterocycles. The Labute approximate surface area is 211 Å². The summed E-state index contributed by atoms with van der Waals surface area (Å²) in [7, 11) is 0. The van der Waals surface area contributed by atoms with E-state index in [1.807, 2.05) is 0 Å². The van der Waals surface area contributed by atoms with E-state index in [-0.39, 0.29) is 25.3 Å². The molecule has 210 valence electrons. The number of nitrogens with zero attached hydrogens (tertiary/aromatic N) is 1. The van der Waals surface area contributed by atoms with E-state index in [1.165, 1.54) is 6.92 Å². The first-order chi connectivity index (χ1) is 17.1. The summed E-state index contributed by atoms with van der Waals surface area (Å²) in [5.41, 5.74) is 15.9. The maximum Gasteiger partial charge on any atom is 0.326 e. The molecular formula is C20H35N7O10. The van der Waals surface area contributed by atoms with Crippen LogP contribution in [0.4, 0.5) is 0 Å². The van der Waals surface area contributed by atoms with Crippen LogP contribution in [0.1, 0.15) is 45.4 Å². The second-order valence-corrected chi connectivity index (χ2v) is 8.10. The van der Waals surface area contributed by atoms with Gasteiger partial charge >= 0.3 is 17.9 Å². The molecule has 0 bridgehead atoms. The number of nitrogens with two attached hydrogens (primary N) is 3. The lowest BCUT2D eigenvalue weighted by molar-refractivity contribution is -0.143. The summed E-state index contributed by atoms with van der Waals surface area (Å²) >= 11 is 0. The average Bonchev–Trinajstić information content (AvgIpc) is 2.79. The lowest BCUT2D eigenvalue weighted by Crippen LogP contribution is -2.58. The number of carboxylic acids is 3. The predicted octanol–water partition coefficient (Wildman–Crippen LogP) is -3.98. The monoisotopic (exact) mass is 533 g/mol. The lowest BCUT2D eigenvalue weighted by atomic mass is 10.1. The van der Waals surface area contributed by atoms with Crippen molar-refractivity contribution < 1.29 is 49.2 Å². The summed E-state index contributed by atoms with van der Waals surface area (Å²) in [5.74, 6) is -7.25. The fourth-order valence-electron chi connectivity index (χ4n) is 2.87. The average molecular weight is 534 g/mol. The van der Waals surface area contributed by atoms with Gasteiger partial charge in [0.1, 0.15) is 24.2 Å². The topological polar surface area (TPSA) is 310 Å². The number of aliphatic carboxylic acids is 3. The third-order valence-corrected chi connectivity index (χ3v) is 4.94. The second kappa shape index (κ2) is 16.6. The van der Waals surface area contributed by atoms with Crippen LogP contribution in [0.2, 0.25) is 0 Å². The Balaban J connectivity index is 5.61. The van der Waals surface area contributed by atoms with Gasteiger partial charge in [-0.3, -0.25) is 29.0 Å². The molecule has 5 unspecified atom stereocenters. The molecule has 17 nitrogen and oxygen atoms in total. The van der Waals surface area contributed by atoms with Crippen molar-refractivity contribution in [3.63, 3.8) is 0 Å². The van der Waals surface area contributed by atoms with Gasteiger partial charge in [0, 0.05) is 19.4 Å². The van der Waals surface area contributed by atoms with Crippen molar-refractivity contribution in [3.8, 4) is 0 Å². The summed E-state index contributed by atoms with van der Waals surface area (Å²) in [5, 5.41) is 43.4. The Bertz CT molecular complexity index is 860. The van der Waals surface area contributed by atoms with Crippen molar-refractivity contribution in [2.24, 2.45) is 22.2 Å². The predicted molar refractivity (Wildman–Crippen MR) is 127 cm³/mol. The summed E-state index contributed by atoms with van der Waals surface area (Å²) in [4.78, 5) is 75.1. The van der Waals surface area contributed by atoms with Crippen LogP contribution in [0.3, 0.4) is 0 Å². The maximum atomic E-state index is 12.8. The first kappa shape index (κ1) is 33.0. The number of hydrogen-bond donors (Lipinski definition) is 10. The Morgan fingerprint density at radius 3 is 1.57 bits per heavy atom. The van der Waals surface area contributed by atoms with Gasteiger partial charge in [-0.1, -0.05) is 0 Å². The van der Waals surface area contributed by atoms with Crippen LogP contribution in [-0.2, 0) is 28.8 Å². The summed E-state index contributed by atoms with van der Waals surface area (Å²) < 4.78 is 0. The van der Waals surface area contributed by atoms with E-state index in [1.54, 1.807) is 0 Å². The molecule has 3 amide bonds. The van der Waals surface area contributed by atoms with Gasteiger partial charge < -0.3 is 53.6 Å². The van der Waals surface area contributed by atoms with Crippen LogP contribution < -0.4 is 33.2 Å². The molecule has 0 aromatic rings. The van der Waals surface area contributed by atoms with Crippen molar-refractivity contribution in [1.82, 2.24) is 16.0 Å². The van der Waals surface area contributed by atoms with Gasteiger partial charge in [-0.05, 0) is 32.6 Å². The van der Waals surface area contributed by atoms with Crippen molar-refractivity contribution in [3.05, 3.63) is 0 Å². The van der Waals surface area contributed by atoms with Gasteiger partial charge in [-0.2, -0.15) is 0 Å². The SMILES string of the molecule is CC(O)C(N)C(=O)NC(CCC(=O)O)C(=O)NC(CCC(=O)O)C(=O)NC(CCCN=C(N)N)C(=O)O. The molecule has 0 aliphatic heterocycles. The zero-order chi connectivity index (χ0) is 28.7. The largest absolute Gasteiger partial charge is 0.481 e. The molecule has 0 saturated heterocycles.